The second-order valence-electron chi connectivity index (χ2n) is 8.00. The molecule has 5 rings (SSSR count). The van der Waals surface area contributed by atoms with Crippen LogP contribution in [0.25, 0.3) is 16.8 Å². The first-order valence-electron chi connectivity index (χ1n) is 10.9. The van der Waals surface area contributed by atoms with Crippen molar-refractivity contribution in [3.63, 3.8) is 0 Å². The van der Waals surface area contributed by atoms with Gasteiger partial charge in [-0.1, -0.05) is 83.9 Å². The van der Waals surface area contributed by atoms with Crippen LogP contribution in [-0.4, -0.2) is 16.0 Å². The Bertz CT molecular complexity index is 1480. The van der Waals surface area contributed by atoms with Crippen LogP contribution in [-0.2, 0) is 17.9 Å². The number of ether oxygens (including phenoxy) is 1. The summed E-state index contributed by atoms with van der Waals surface area (Å²) in [5.41, 5.74) is 2.52. The van der Waals surface area contributed by atoms with Crippen LogP contribution in [0, 0.1) is 0 Å². The molecule has 1 aliphatic heterocycles. The molecule has 0 saturated carbocycles. The molecule has 7 heteroatoms. The number of halogens is 2. The van der Waals surface area contributed by atoms with Gasteiger partial charge in [0.05, 0.1) is 11.4 Å². The molecule has 0 aliphatic carbocycles. The summed E-state index contributed by atoms with van der Waals surface area (Å²) >= 11 is 13.1. The summed E-state index contributed by atoms with van der Waals surface area (Å²) in [6.45, 7) is 0.509. The van der Waals surface area contributed by atoms with E-state index >= 15 is 0 Å². The zero-order valence-electron chi connectivity index (χ0n) is 18.4. The van der Waals surface area contributed by atoms with Gasteiger partial charge in [-0.25, -0.2) is 0 Å². The van der Waals surface area contributed by atoms with Crippen LogP contribution in [0.5, 0.6) is 5.75 Å². The predicted octanol–water partition coefficient (Wildman–Crippen LogP) is 7.96. The molecule has 35 heavy (non-hydrogen) atoms. The Morgan fingerprint density at radius 3 is 2.51 bits per heavy atom. The maximum absolute atomic E-state index is 12.9. The minimum absolute atomic E-state index is 0.0895. The van der Waals surface area contributed by atoms with Crippen LogP contribution < -0.4 is 4.74 Å². The average molecular weight is 520 g/mol. The molecular formula is C28H19Cl2NO3S. The van der Waals surface area contributed by atoms with Crippen molar-refractivity contribution in [3.8, 4) is 5.75 Å². The first-order valence-corrected chi connectivity index (χ1v) is 12.4. The van der Waals surface area contributed by atoms with E-state index in [9.17, 15) is 9.59 Å². The minimum Gasteiger partial charge on any atom is -0.489 e. The molecule has 4 nitrogen and oxygen atoms in total. The lowest BCUT2D eigenvalue weighted by Gasteiger charge is -2.13. The number of hydrogen-bond acceptors (Lipinski definition) is 4. The van der Waals surface area contributed by atoms with E-state index in [1.807, 2.05) is 42.5 Å². The molecule has 0 atom stereocenters. The standard InChI is InChI=1S/C28H19Cl2NO3S/c29-22-12-11-20(25(30)15-22)16-31-27(32)26(35-28(31)33)14-18-5-3-9-23(13-18)34-17-21-8-4-7-19-6-1-2-10-24(19)21/h1-15H,16-17H2/b26-14+. The summed E-state index contributed by atoms with van der Waals surface area (Å²) in [5.74, 6) is 0.326. The van der Waals surface area contributed by atoms with Gasteiger partial charge in [0, 0.05) is 10.0 Å². The van der Waals surface area contributed by atoms with E-state index in [1.165, 1.54) is 4.90 Å². The summed E-state index contributed by atoms with van der Waals surface area (Å²) < 4.78 is 6.05. The highest BCUT2D eigenvalue weighted by molar-refractivity contribution is 8.18. The summed E-state index contributed by atoms with van der Waals surface area (Å²) in [4.78, 5) is 27.0. The van der Waals surface area contributed by atoms with Gasteiger partial charge in [-0.05, 0) is 69.6 Å². The van der Waals surface area contributed by atoms with Crippen LogP contribution in [0.2, 0.25) is 10.0 Å². The average Bonchev–Trinajstić information content (AvgIpc) is 3.11. The van der Waals surface area contributed by atoms with Crippen molar-refractivity contribution in [1.82, 2.24) is 4.90 Å². The fraction of sp³-hybridized carbons (Fsp3) is 0.0714. The van der Waals surface area contributed by atoms with E-state index in [0.717, 1.165) is 33.7 Å². The highest BCUT2D eigenvalue weighted by atomic mass is 35.5. The second-order valence-corrected chi connectivity index (χ2v) is 9.84. The molecule has 0 aromatic heterocycles. The fourth-order valence-corrected chi connectivity index (χ4v) is 5.19. The SMILES string of the molecule is O=C1S/C(=C/c2cccc(OCc3cccc4ccccc34)c2)C(=O)N1Cc1ccc(Cl)cc1Cl. The van der Waals surface area contributed by atoms with Gasteiger partial charge in [0.25, 0.3) is 11.1 Å². The lowest BCUT2D eigenvalue weighted by molar-refractivity contribution is -0.123. The van der Waals surface area contributed by atoms with Gasteiger partial charge in [-0.15, -0.1) is 0 Å². The second kappa shape index (κ2) is 10.2. The van der Waals surface area contributed by atoms with Crippen LogP contribution in [0.3, 0.4) is 0 Å². The molecule has 0 bridgehead atoms. The van der Waals surface area contributed by atoms with Gasteiger partial charge in [-0.3, -0.25) is 14.5 Å². The van der Waals surface area contributed by atoms with E-state index < -0.39 is 0 Å². The molecule has 0 spiro atoms. The van der Waals surface area contributed by atoms with Crippen molar-refractivity contribution >= 4 is 63.0 Å². The van der Waals surface area contributed by atoms with Crippen molar-refractivity contribution in [3.05, 3.63) is 117 Å². The van der Waals surface area contributed by atoms with Crippen molar-refractivity contribution < 1.29 is 14.3 Å². The summed E-state index contributed by atoms with van der Waals surface area (Å²) in [5, 5.41) is 2.89. The molecule has 4 aromatic rings. The monoisotopic (exact) mass is 519 g/mol. The number of benzene rings is 4. The number of nitrogens with zero attached hydrogens (tertiary/aromatic N) is 1. The number of carbonyl (C=O) groups excluding carboxylic acids is 2. The van der Waals surface area contributed by atoms with Gasteiger partial charge in [0.1, 0.15) is 12.4 Å². The number of amides is 2. The topological polar surface area (TPSA) is 46.6 Å². The quantitative estimate of drug-likeness (QED) is 0.242. The van der Waals surface area contributed by atoms with E-state index in [1.54, 1.807) is 24.3 Å². The maximum Gasteiger partial charge on any atom is 0.293 e. The number of fused-ring (bicyclic) bond motifs is 1. The molecule has 0 N–H and O–H groups in total. The van der Waals surface area contributed by atoms with Crippen molar-refractivity contribution in [1.29, 1.82) is 0 Å². The number of imide groups is 1. The first-order chi connectivity index (χ1) is 17.0. The Morgan fingerprint density at radius 2 is 1.66 bits per heavy atom. The van der Waals surface area contributed by atoms with Gasteiger partial charge in [0.15, 0.2) is 0 Å². The molecule has 1 fully saturated rings. The van der Waals surface area contributed by atoms with Gasteiger partial charge in [-0.2, -0.15) is 0 Å². The van der Waals surface area contributed by atoms with Crippen molar-refractivity contribution in [2.75, 3.05) is 0 Å². The highest BCUT2D eigenvalue weighted by Gasteiger charge is 2.35. The van der Waals surface area contributed by atoms with E-state index in [2.05, 4.69) is 24.3 Å². The highest BCUT2D eigenvalue weighted by Crippen LogP contribution is 2.35. The van der Waals surface area contributed by atoms with E-state index in [0.29, 0.717) is 32.9 Å². The number of hydrogen-bond donors (Lipinski definition) is 0. The summed E-state index contributed by atoms with van der Waals surface area (Å²) in [7, 11) is 0. The largest absolute Gasteiger partial charge is 0.489 e. The van der Waals surface area contributed by atoms with Crippen molar-refractivity contribution in [2.24, 2.45) is 0 Å². The molecule has 0 unspecified atom stereocenters. The summed E-state index contributed by atoms with van der Waals surface area (Å²) in [6.07, 6.45) is 1.71. The molecule has 2 amide bonds. The van der Waals surface area contributed by atoms with Crippen LogP contribution in [0.1, 0.15) is 16.7 Å². The zero-order chi connectivity index (χ0) is 24.4. The third kappa shape index (κ3) is 5.22. The molecule has 174 valence electrons. The summed E-state index contributed by atoms with van der Waals surface area (Å²) in [6, 6.07) is 26.8. The minimum atomic E-state index is -0.354. The Balaban J connectivity index is 1.31. The van der Waals surface area contributed by atoms with Gasteiger partial charge < -0.3 is 4.74 Å². The first kappa shape index (κ1) is 23.5. The molecule has 1 aliphatic rings. The van der Waals surface area contributed by atoms with Crippen molar-refractivity contribution in [2.45, 2.75) is 13.2 Å². The van der Waals surface area contributed by atoms with E-state index in [-0.39, 0.29) is 17.7 Å². The Labute approximate surface area is 217 Å². The lowest BCUT2D eigenvalue weighted by atomic mass is 10.1. The lowest BCUT2D eigenvalue weighted by Crippen LogP contribution is -2.27. The van der Waals surface area contributed by atoms with Gasteiger partial charge in [0.2, 0.25) is 0 Å². The molecule has 4 aromatic carbocycles. The maximum atomic E-state index is 12.9. The fourth-order valence-electron chi connectivity index (χ4n) is 3.88. The van der Waals surface area contributed by atoms with E-state index in [4.69, 9.17) is 27.9 Å². The van der Waals surface area contributed by atoms with Crippen LogP contribution >= 0.6 is 35.0 Å². The number of thioether (sulfide) groups is 1. The van der Waals surface area contributed by atoms with Gasteiger partial charge >= 0.3 is 0 Å². The molecule has 1 saturated heterocycles. The third-order valence-corrected chi connectivity index (χ3v) is 7.14. The number of carbonyl (C=O) groups is 2. The Hall–Kier alpha value is -3.25. The normalized spacial score (nSPS) is 14.8. The van der Waals surface area contributed by atoms with Crippen LogP contribution in [0.4, 0.5) is 4.79 Å². The molecule has 0 radical (unpaired) electrons. The Kier molecular flexibility index (Phi) is 6.82. The van der Waals surface area contributed by atoms with Crippen LogP contribution in [0.15, 0.2) is 89.8 Å². The number of rotatable bonds is 6. The zero-order valence-corrected chi connectivity index (χ0v) is 20.7. The third-order valence-electron chi connectivity index (χ3n) is 5.65. The Morgan fingerprint density at radius 1 is 0.857 bits per heavy atom. The smallest absolute Gasteiger partial charge is 0.293 e. The molecule has 1 heterocycles. The molecular weight excluding hydrogens is 501 g/mol. The predicted molar refractivity (Wildman–Crippen MR) is 143 cm³/mol.